The smallest absolute Gasteiger partial charge is 0.0944 e. The Kier molecular flexibility index (Phi) is 5.21. The zero-order valence-corrected chi connectivity index (χ0v) is 14.2. The second-order valence-electron chi connectivity index (χ2n) is 6.96. The summed E-state index contributed by atoms with van der Waals surface area (Å²) in [7, 11) is 0. The van der Waals surface area contributed by atoms with Crippen LogP contribution in [0.25, 0.3) is 0 Å². The van der Waals surface area contributed by atoms with Crippen molar-refractivity contribution in [3.8, 4) is 0 Å². The third-order valence-corrected chi connectivity index (χ3v) is 5.33. The second-order valence-corrected chi connectivity index (χ2v) is 8.13. The predicted molar refractivity (Wildman–Crippen MR) is 87.3 cm³/mol. The van der Waals surface area contributed by atoms with E-state index in [1.54, 1.807) is 0 Å². The van der Waals surface area contributed by atoms with Crippen molar-refractivity contribution in [1.82, 2.24) is 9.88 Å². The molecule has 0 bridgehead atoms. The number of nitrogens with zero attached hydrogens (tertiary/aromatic N) is 2. The monoisotopic (exact) mass is 295 g/mol. The summed E-state index contributed by atoms with van der Waals surface area (Å²) in [5.74, 6) is 0. The van der Waals surface area contributed by atoms with Gasteiger partial charge in [-0.05, 0) is 26.3 Å². The Morgan fingerprint density at radius 1 is 1.35 bits per heavy atom. The summed E-state index contributed by atoms with van der Waals surface area (Å²) in [5.41, 5.74) is 7.18. The molecule has 1 unspecified atom stereocenters. The van der Waals surface area contributed by atoms with Crippen molar-refractivity contribution in [3.63, 3.8) is 0 Å². The Hall–Kier alpha value is -0.450. The Bertz CT molecular complexity index is 433. The molecule has 1 aromatic heterocycles. The summed E-state index contributed by atoms with van der Waals surface area (Å²) >= 11 is 1.81. The molecule has 20 heavy (non-hydrogen) atoms. The van der Waals surface area contributed by atoms with Crippen LogP contribution in [0.3, 0.4) is 0 Å². The molecule has 0 spiro atoms. The number of likely N-dealkylation sites (tertiary alicyclic amines) is 1. The molecule has 2 heterocycles. The molecule has 0 aliphatic carbocycles. The van der Waals surface area contributed by atoms with Gasteiger partial charge < -0.3 is 10.6 Å². The molecule has 1 saturated heterocycles. The predicted octanol–water partition coefficient (Wildman–Crippen LogP) is 3.32. The Morgan fingerprint density at radius 3 is 2.65 bits per heavy atom. The van der Waals surface area contributed by atoms with Crippen LogP contribution in [0, 0.1) is 0 Å². The first kappa shape index (κ1) is 15.9. The minimum absolute atomic E-state index is 0.0991. The third-order valence-electron chi connectivity index (χ3n) is 4.19. The van der Waals surface area contributed by atoms with Crippen LogP contribution in [0.1, 0.15) is 62.5 Å². The number of nitrogens with two attached hydrogens (primary N) is 1. The van der Waals surface area contributed by atoms with E-state index in [0.29, 0.717) is 6.54 Å². The summed E-state index contributed by atoms with van der Waals surface area (Å²) < 4.78 is 0. The van der Waals surface area contributed by atoms with E-state index in [2.05, 4.69) is 32.6 Å². The number of rotatable bonds is 4. The number of piperidine rings is 1. The van der Waals surface area contributed by atoms with Crippen LogP contribution in [-0.2, 0) is 18.4 Å². The second kappa shape index (κ2) is 6.54. The average Bonchev–Trinajstić information content (AvgIpc) is 2.81. The topological polar surface area (TPSA) is 42.2 Å². The minimum Gasteiger partial charge on any atom is -0.326 e. The highest BCUT2D eigenvalue weighted by Crippen LogP contribution is 2.29. The SMILES string of the molecule is CC1CCCCN1CCc1nc(C(C)(C)C)c(CN)s1. The molecular weight excluding hydrogens is 266 g/mol. The lowest BCUT2D eigenvalue weighted by Gasteiger charge is -2.33. The van der Waals surface area contributed by atoms with Gasteiger partial charge in [-0.25, -0.2) is 4.98 Å². The fourth-order valence-electron chi connectivity index (χ4n) is 2.96. The third kappa shape index (κ3) is 3.80. The number of hydrogen-bond donors (Lipinski definition) is 1. The lowest BCUT2D eigenvalue weighted by molar-refractivity contribution is 0.163. The Morgan fingerprint density at radius 2 is 2.10 bits per heavy atom. The van der Waals surface area contributed by atoms with Gasteiger partial charge in [0.05, 0.1) is 10.7 Å². The van der Waals surface area contributed by atoms with E-state index in [1.807, 2.05) is 11.3 Å². The maximum Gasteiger partial charge on any atom is 0.0944 e. The summed E-state index contributed by atoms with van der Waals surface area (Å²) in [4.78, 5) is 8.75. The highest BCUT2D eigenvalue weighted by molar-refractivity contribution is 7.11. The largest absolute Gasteiger partial charge is 0.326 e. The van der Waals surface area contributed by atoms with Crippen LogP contribution < -0.4 is 5.73 Å². The van der Waals surface area contributed by atoms with Crippen molar-refractivity contribution in [2.75, 3.05) is 13.1 Å². The van der Waals surface area contributed by atoms with Gasteiger partial charge in [-0.1, -0.05) is 27.2 Å². The molecule has 1 fully saturated rings. The molecule has 114 valence electrons. The van der Waals surface area contributed by atoms with Crippen molar-refractivity contribution < 1.29 is 0 Å². The van der Waals surface area contributed by atoms with Crippen molar-refractivity contribution >= 4 is 11.3 Å². The van der Waals surface area contributed by atoms with Crippen LogP contribution in [0.5, 0.6) is 0 Å². The standard InChI is InChI=1S/C16H29N3S/c1-12-7-5-6-9-19(12)10-8-14-18-15(16(2,3)4)13(11-17)20-14/h12H,5-11,17H2,1-4H3. The molecule has 2 rings (SSSR count). The van der Waals surface area contributed by atoms with Crippen LogP contribution in [-0.4, -0.2) is 29.0 Å². The first-order valence-corrected chi connectivity index (χ1v) is 8.66. The number of hydrogen-bond acceptors (Lipinski definition) is 4. The van der Waals surface area contributed by atoms with Gasteiger partial charge in [-0.15, -0.1) is 11.3 Å². The van der Waals surface area contributed by atoms with E-state index in [-0.39, 0.29) is 5.41 Å². The molecule has 4 heteroatoms. The maximum atomic E-state index is 5.88. The van der Waals surface area contributed by atoms with Crippen molar-refractivity contribution in [2.24, 2.45) is 5.73 Å². The van der Waals surface area contributed by atoms with Crippen LogP contribution in [0.4, 0.5) is 0 Å². The highest BCUT2D eigenvalue weighted by Gasteiger charge is 2.23. The summed E-state index contributed by atoms with van der Waals surface area (Å²) in [6.07, 6.45) is 5.15. The normalized spacial score (nSPS) is 21.4. The first-order chi connectivity index (χ1) is 9.41. The van der Waals surface area contributed by atoms with E-state index < -0.39 is 0 Å². The molecule has 0 amide bonds. The lowest BCUT2D eigenvalue weighted by atomic mass is 9.91. The van der Waals surface area contributed by atoms with E-state index in [1.165, 1.54) is 41.4 Å². The molecule has 0 saturated carbocycles. The van der Waals surface area contributed by atoms with Gasteiger partial charge in [-0.2, -0.15) is 0 Å². The summed E-state index contributed by atoms with van der Waals surface area (Å²) in [5, 5.41) is 1.26. The number of aromatic nitrogens is 1. The molecule has 1 aliphatic rings. The van der Waals surface area contributed by atoms with Crippen LogP contribution in [0.15, 0.2) is 0 Å². The molecule has 3 nitrogen and oxygen atoms in total. The summed E-state index contributed by atoms with van der Waals surface area (Å²) in [6, 6.07) is 0.736. The molecule has 0 aromatic carbocycles. The van der Waals surface area contributed by atoms with Crippen LogP contribution in [0.2, 0.25) is 0 Å². The van der Waals surface area contributed by atoms with Gasteiger partial charge >= 0.3 is 0 Å². The van der Waals surface area contributed by atoms with E-state index >= 15 is 0 Å². The minimum atomic E-state index is 0.0991. The lowest BCUT2D eigenvalue weighted by Crippen LogP contribution is -2.38. The van der Waals surface area contributed by atoms with Gasteiger partial charge in [0.2, 0.25) is 0 Å². The maximum absolute atomic E-state index is 5.88. The van der Waals surface area contributed by atoms with E-state index in [9.17, 15) is 0 Å². The molecule has 1 atom stereocenters. The fourth-order valence-corrected chi connectivity index (χ4v) is 4.11. The highest BCUT2D eigenvalue weighted by atomic mass is 32.1. The number of thiazole rings is 1. The average molecular weight is 295 g/mol. The first-order valence-electron chi connectivity index (χ1n) is 7.85. The quantitative estimate of drug-likeness (QED) is 0.926. The van der Waals surface area contributed by atoms with Crippen LogP contribution >= 0.6 is 11.3 Å². The molecule has 0 radical (unpaired) electrons. The summed E-state index contributed by atoms with van der Waals surface area (Å²) in [6.45, 7) is 12.0. The zero-order chi connectivity index (χ0) is 14.8. The van der Waals surface area contributed by atoms with Gasteiger partial charge in [0.25, 0.3) is 0 Å². The molecule has 2 N–H and O–H groups in total. The van der Waals surface area contributed by atoms with Gasteiger partial charge in [0.15, 0.2) is 0 Å². The van der Waals surface area contributed by atoms with Gasteiger partial charge in [-0.3, -0.25) is 0 Å². The molecular formula is C16H29N3S. The van der Waals surface area contributed by atoms with Crippen molar-refractivity contribution in [2.45, 2.75) is 71.4 Å². The fraction of sp³-hybridized carbons (Fsp3) is 0.812. The van der Waals surface area contributed by atoms with Gasteiger partial charge in [0.1, 0.15) is 0 Å². The van der Waals surface area contributed by atoms with E-state index in [0.717, 1.165) is 19.0 Å². The Labute approximate surface area is 127 Å². The molecule has 1 aromatic rings. The Balaban J connectivity index is 2.01. The van der Waals surface area contributed by atoms with Gasteiger partial charge in [0, 0.05) is 35.8 Å². The van der Waals surface area contributed by atoms with Crippen molar-refractivity contribution in [1.29, 1.82) is 0 Å². The van der Waals surface area contributed by atoms with E-state index in [4.69, 9.17) is 10.7 Å². The zero-order valence-electron chi connectivity index (χ0n) is 13.4. The molecule has 1 aliphatic heterocycles. The van der Waals surface area contributed by atoms with Crippen molar-refractivity contribution in [3.05, 3.63) is 15.6 Å².